The molecule has 0 amide bonds. The van der Waals surface area contributed by atoms with Gasteiger partial charge in [0.2, 0.25) is 0 Å². The minimum Gasteiger partial charge on any atom is -0.487 e. The van der Waals surface area contributed by atoms with Crippen LogP contribution in [0.2, 0.25) is 0 Å². The molecule has 164 valence electrons. The Morgan fingerprint density at radius 3 is 2.37 bits per heavy atom. The molecule has 0 saturated heterocycles. The number of aryl methyl sites for hydroxylation is 1. The summed E-state index contributed by atoms with van der Waals surface area (Å²) in [6.45, 7) is 8.08. The van der Waals surface area contributed by atoms with Crippen molar-refractivity contribution in [2.45, 2.75) is 65.6 Å². The average molecular weight is 416 g/mol. The van der Waals surface area contributed by atoms with Crippen molar-refractivity contribution in [3.63, 3.8) is 0 Å². The van der Waals surface area contributed by atoms with E-state index in [1.165, 1.54) is 0 Å². The monoisotopic (exact) mass is 415 g/mol. The second-order valence-electron chi connectivity index (χ2n) is 9.16. The van der Waals surface area contributed by atoms with Gasteiger partial charge in [-0.25, -0.2) is 4.68 Å². The van der Waals surface area contributed by atoms with E-state index < -0.39 is 17.0 Å². The zero-order valence-electron chi connectivity index (χ0n) is 18.6. The van der Waals surface area contributed by atoms with E-state index in [0.717, 1.165) is 18.4 Å². The van der Waals surface area contributed by atoms with Gasteiger partial charge in [0.15, 0.2) is 0 Å². The number of nitrogens with zero attached hydrogens (tertiary/aromatic N) is 3. The van der Waals surface area contributed by atoms with Crippen LogP contribution in [0.1, 0.15) is 59.1 Å². The Hall–Kier alpha value is -2.41. The van der Waals surface area contributed by atoms with Gasteiger partial charge in [-0.2, -0.15) is 0 Å². The summed E-state index contributed by atoms with van der Waals surface area (Å²) < 4.78 is 8.12. The van der Waals surface area contributed by atoms with Crippen LogP contribution in [-0.4, -0.2) is 36.8 Å². The predicted octanol–water partition coefficient (Wildman–Crippen LogP) is 4.05. The smallest absolute Gasteiger partial charge is 0.310 e. The lowest BCUT2D eigenvalue weighted by Crippen LogP contribution is -2.53. The molecule has 30 heavy (non-hydrogen) atoms. The summed E-state index contributed by atoms with van der Waals surface area (Å²) in [4.78, 5) is 12.3. The molecule has 1 saturated carbocycles. The third-order valence-corrected chi connectivity index (χ3v) is 6.96. The summed E-state index contributed by atoms with van der Waals surface area (Å²) >= 11 is 0. The molecule has 0 bridgehead atoms. The number of hydrogen-bond donors (Lipinski definition) is 2. The number of carboxylic acids is 1. The maximum absolute atomic E-state index is 12.3. The third-order valence-electron chi connectivity index (χ3n) is 6.96. The first kappa shape index (κ1) is 22.3. The summed E-state index contributed by atoms with van der Waals surface area (Å²) in [6, 6.07) is 7.59. The molecule has 0 spiro atoms. The highest BCUT2D eigenvalue weighted by molar-refractivity contribution is 5.75. The zero-order chi connectivity index (χ0) is 22.1. The number of rotatable bonds is 7. The molecule has 2 N–H and O–H groups in total. The van der Waals surface area contributed by atoms with Crippen LogP contribution in [0.3, 0.4) is 0 Å². The molecule has 2 atom stereocenters. The van der Waals surface area contributed by atoms with Crippen LogP contribution in [0.5, 0.6) is 5.75 Å². The third kappa shape index (κ3) is 3.83. The second kappa shape index (κ2) is 8.38. The first-order chi connectivity index (χ1) is 14.1. The lowest BCUT2D eigenvalue weighted by molar-refractivity contribution is -0.164. The van der Waals surface area contributed by atoms with Gasteiger partial charge in [-0.1, -0.05) is 32.9 Å². The lowest BCUT2D eigenvalue weighted by atomic mass is 9.59. The van der Waals surface area contributed by atoms with Crippen LogP contribution in [0.15, 0.2) is 24.3 Å². The number of carbonyl (C=O) groups is 1. The van der Waals surface area contributed by atoms with E-state index in [1.807, 2.05) is 38.1 Å². The molecule has 0 radical (unpaired) electrons. The predicted molar refractivity (Wildman–Crippen MR) is 114 cm³/mol. The molecule has 7 nitrogen and oxygen atoms in total. The molecule has 7 heteroatoms. The summed E-state index contributed by atoms with van der Waals surface area (Å²) in [6.07, 6.45) is 2.87. The Labute approximate surface area is 178 Å². The molecule has 3 rings (SSSR count). The number of aliphatic hydroxyl groups is 1. The molecule has 1 aliphatic rings. The maximum Gasteiger partial charge on any atom is 0.310 e. The number of carboxylic acid groups (broad SMARTS) is 1. The normalized spacial score (nSPS) is 24.4. The largest absolute Gasteiger partial charge is 0.487 e. The minimum absolute atomic E-state index is 0.0351. The minimum atomic E-state index is -0.766. The Morgan fingerprint density at radius 1 is 1.17 bits per heavy atom. The average Bonchev–Trinajstić information content (AvgIpc) is 3.08. The van der Waals surface area contributed by atoms with E-state index in [4.69, 9.17) is 4.74 Å². The molecule has 1 aliphatic carbocycles. The molecule has 2 aromatic rings. The van der Waals surface area contributed by atoms with Gasteiger partial charge in [0.1, 0.15) is 17.0 Å². The second-order valence-corrected chi connectivity index (χ2v) is 9.16. The van der Waals surface area contributed by atoms with E-state index in [1.54, 1.807) is 11.7 Å². The van der Waals surface area contributed by atoms with Crippen molar-refractivity contribution in [3.8, 4) is 17.0 Å². The topological polar surface area (TPSA) is 97.5 Å². The van der Waals surface area contributed by atoms with Crippen LogP contribution in [-0.2, 0) is 18.4 Å². The summed E-state index contributed by atoms with van der Waals surface area (Å²) in [7, 11) is 1.75. The Balaban J connectivity index is 1.89. The lowest BCUT2D eigenvalue weighted by Gasteiger charge is -2.49. The Morgan fingerprint density at radius 2 is 1.83 bits per heavy atom. The van der Waals surface area contributed by atoms with Crippen molar-refractivity contribution >= 4 is 5.97 Å². The van der Waals surface area contributed by atoms with E-state index in [0.29, 0.717) is 30.0 Å². The van der Waals surface area contributed by atoms with Crippen LogP contribution in [0, 0.1) is 17.3 Å². The SMILES string of the molecule is CC(C)C1(Oc2ccc(-c3nnn(C)c3CO)cc2)CCCC(C(=O)O)(C(C)C)C1. The van der Waals surface area contributed by atoms with Crippen LogP contribution >= 0.6 is 0 Å². The van der Waals surface area contributed by atoms with Gasteiger partial charge in [0.05, 0.1) is 17.7 Å². The van der Waals surface area contributed by atoms with Gasteiger partial charge in [-0.3, -0.25) is 4.79 Å². The highest BCUT2D eigenvalue weighted by Gasteiger charge is 2.53. The summed E-state index contributed by atoms with van der Waals surface area (Å²) in [5, 5.41) is 27.8. The van der Waals surface area contributed by atoms with Gasteiger partial charge in [-0.05, 0) is 55.4 Å². The van der Waals surface area contributed by atoms with Gasteiger partial charge < -0.3 is 14.9 Å². The number of aliphatic hydroxyl groups excluding tert-OH is 1. The van der Waals surface area contributed by atoms with Crippen molar-refractivity contribution in [2.75, 3.05) is 0 Å². The molecule has 1 heterocycles. The first-order valence-electron chi connectivity index (χ1n) is 10.7. The van der Waals surface area contributed by atoms with Crippen molar-refractivity contribution < 1.29 is 19.7 Å². The van der Waals surface area contributed by atoms with Crippen molar-refractivity contribution in [1.82, 2.24) is 15.0 Å². The van der Waals surface area contributed by atoms with Crippen molar-refractivity contribution in [3.05, 3.63) is 30.0 Å². The zero-order valence-corrected chi connectivity index (χ0v) is 18.6. The van der Waals surface area contributed by atoms with Gasteiger partial charge >= 0.3 is 5.97 Å². The highest BCUT2D eigenvalue weighted by Crippen LogP contribution is 2.51. The number of hydrogen-bond acceptors (Lipinski definition) is 5. The van der Waals surface area contributed by atoms with Gasteiger partial charge in [-0.15, -0.1) is 5.10 Å². The van der Waals surface area contributed by atoms with E-state index in [9.17, 15) is 15.0 Å². The van der Waals surface area contributed by atoms with Crippen LogP contribution in [0.25, 0.3) is 11.3 Å². The van der Waals surface area contributed by atoms with Gasteiger partial charge in [0.25, 0.3) is 0 Å². The maximum atomic E-state index is 12.3. The number of ether oxygens (including phenoxy) is 1. The molecule has 1 aromatic carbocycles. The van der Waals surface area contributed by atoms with Crippen molar-refractivity contribution in [1.29, 1.82) is 0 Å². The Bertz CT molecular complexity index is 890. The van der Waals surface area contributed by atoms with E-state index in [2.05, 4.69) is 24.2 Å². The molecule has 0 aliphatic heterocycles. The van der Waals surface area contributed by atoms with Gasteiger partial charge in [0, 0.05) is 19.0 Å². The fourth-order valence-corrected chi connectivity index (χ4v) is 4.73. The van der Waals surface area contributed by atoms with Crippen LogP contribution < -0.4 is 4.74 Å². The molecular formula is C23H33N3O4. The number of aromatic nitrogens is 3. The molecular weight excluding hydrogens is 382 g/mol. The first-order valence-corrected chi connectivity index (χ1v) is 10.7. The summed E-state index contributed by atoms with van der Waals surface area (Å²) in [5.74, 6) is 0.205. The number of benzene rings is 1. The molecule has 1 aromatic heterocycles. The van der Waals surface area contributed by atoms with E-state index >= 15 is 0 Å². The quantitative estimate of drug-likeness (QED) is 0.708. The standard InChI is InChI=1S/C23H33N3O4/c1-15(2)22(21(28)29)11-6-12-23(14-22,16(3)4)30-18-9-7-17(8-10-18)20-19(13-27)26(5)25-24-20/h7-10,15-16,27H,6,11-14H2,1-5H3,(H,28,29). The van der Waals surface area contributed by atoms with Crippen molar-refractivity contribution in [2.24, 2.45) is 24.3 Å². The highest BCUT2D eigenvalue weighted by atomic mass is 16.5. The van der Waals surface area contributed by atoms with Crippen LogP contribution in [0.4, 0.5) is 0 Å². The fourth-order valence-electron chi connectivity index (χ4n) is 4.73. The fraction of sp³-hybridized carbons (Fsp3) is 0.609. The number of aliphatic carboxylic acids is 1. The molecule has 2 unspecified atom stereocenters. The Kier molecular flexibility index (Phi) is 6.22. The molecule has 1 fully saturated rings. The van der Waals surface area contributed by atoms with E-state index in [-0.39, 0.29) is 18.4 Å². The summed E-state index contributed by atoms with van der Waals surface area (Å²) in [5.41, 5.74) is 0.859.